The first kappa shape index (κ1) is 62.9. The fraction of sp³-hybridized carbons (Fsp3) is 0.722. The number of allylic oxidation sites excluding steroid dienone is 12. The van der Waals surface area contributed by atoms with Crippen molar-refractivity contribution in [3.05, 3.63) is 72.9 Å². The summed E-state index contributed by atoms with van der Waals surface area (Å²) >= 11 is 0. The molecule has 11 nitrogen and oxygen atoms in total. The number of aliphatic hydroxyl groups excluding tert-OH is 1. The molecule has 0 heterocycles. The van der Waals surface area contributed by atoms with E-state index in [9.17, 15) is 28.9 Å². The smallest absolute Gasteiger partial charge is 0.462 e. The van der Waals surface area contributed by atoms with Crippen LogP contribution >= 0.6 is 7.82 Å². The van der Waals surface area contributed by atoms with Gasteiger partial charge in [-0.05, 0) is 96.3 Å². The molecule has 0 saturated heterocycles. The molecule has 0 spiro atoms. The van der Waals surface area contributed by atoms with Crippen molar-refractivity contribution in [3.63, 3.8) is 0 Å². The van der Waals surface area contributed by atoms with E-state index in [2.05, 4.69) is 93.7 Å². The Labute approximate surface area is 401 Å². The Morgan fingerprint density at radius 3 is 1.29 bits per heavy atom. The van der Waals surface area contributed by atoms with E-state index in [0.717, 1.165) is 135 Å². The maximum Gasteiger partial charge on any atom is 0.472 e. The monoisotopic (exact) mass is 949 g/mol. The molecule has 0 fully saturated rings. The van der Waals surface area contributed by atoms with Gasteiger partial charge in [0.25, 0.3) is 0 Å². The summed E-state index contributed by atoms with van der Waals surface area (Å²) in [6.07, 6.45) is 51.6. The molecule has 0 rings (SSSR count). The van der Waals surface area contributed by atoms with E-state index in [1.165, 1.54) is 19.3 Å². The minimum Gasteiger partial charge on any atom is -0.462 e. The zero-order valence-electron chi connectivity index (χ0n) is 41.6. The third-order valence-corrected chi connectivity index (χ3v) is 11.5. The highest BCUT2D eigenvalue weighted by atomic mass is 31.2. The average Bonchev–Trinajstić information content (AvgIpc) is 3.30. The summed E-state index contributed by atoms with van der Waals surface area (Å²) in [5, 5.41) is 9.76. The topological polar surface area (TPSA) is 155 Å². The molecule has 66 heavy (non-hydrogen) atoms. The van der Waals surface area contributed by atoms with Gasteiger partial charge in [0, 0.05) is 19.3 Å². The van der Waals surface area contributed by atoms with Crippen molar-refractivity contribution < 1.29 is 52.2 Å². The number of esters is 3. The highest BCUT2D eigenvalue weighted by molar-refractivity contribution is 7.47. The lowest BCUT2D eigenvalue weighted by Crippen LogP contribution is -2.30. The van der Waals surface area contributed by atoms with Crippen LogP contribution in [-0.4, -0.2) is 66.5 Å². The number of rotatable bonds is 47. The van der Waals surface area contributed by atoms with Crippen molar-refractivity contribution in [2.24, 2.45) is 0 Å². The summed E-state index contributed by atoms with van der Waals surface area (Å²) < 4.78 is 39.3. The Morgan fingerprint density at radius 2 is 0.818 bits per heavy atom. The number of phosphoric ester groups is 1. The van der Waals surface area contributed by atoms with Gasteiger partial charge < -0.3 is 24.2 Å². The minimum absolute atomic E-state index is 0.142. The van der Waals surface area contributed by atoms with Crippen molar-refractivity contribution in [3.8, 4) is 0 Å². The van der Waals surface area contributed by atoms with Gasteiger partial charge in [0.05, 0.1) is 19.8 Å². The van der Waals surface area contributed by atoms with Gasteiger partial charge in [-0.25, -0.2) is 4.57 Å². The quantitative estimate of drug-likeness (QED) is 0.0197. The molecule has 380 valence electrons. The van der Waals surface area contributed by atoms with Crippen LogP contribution in [0.2, 0.25) is 0 Å². The number of unbranched alkanes of at least 4 members (excludes halogenated alkanes) is 18. The van der Waals surface area contributed by atoms with Gasteiger partial charge in [-0.15, -0.1) is 0 Å². The van der Waals surface area contributed by atoms with Gasteiger partial charge in [-0.3, -0.25) is 23.4 Å². The molecule has 0 aromatic carbocycles. The van der Waals surface area contributed by atoms with Gasteiger partial charge in [0.1, 0.15) is 12.7 Å². The van der Waals surface area contributed by atoms with Crippen LogP contribution in [-0.2, 0) is 42.2 Å². The number of hydrogen-bond acceptors (Lipinski definition) is 10. The number of carbonyl (C=O) groups is 3. The molecule has 3 atom stereocenters. The lowest BCUT2D eigenvalue weighted by atomic mass is 10.1. The Hall–Kier alpha value is -3.08. The standard InChI is InChI=1S/C54H93O11P/c1-4-7-10-13-16-19-22-24-25-27-30-33-36-39-42-45-54(58)65-51(47-61-52(56)43-40-37-34-31-29-26-23-20-17-14-11-8-5-2)49-63-66(59,60)62-48-50(46-55)64-53(57)44-41-38-35-32-28-21-18-15-12-9-6-3/h7,10-11,14-16,18-20,23-25,50-51,55H,4-6,8-9,12-13,17,21-22,26-49H2,1-3H3,(H,59,60)/b10-7-,14-11-,18-15-,19-16-,23-20-,25-24-. The highest BCUT2D eigenvalue weighted by Crippen LogP contribution is 2.43. The molecule has 0 aromatic heterocycles. The molecule has 0 aromatic rings. The molecule has 12 heteroatoms. The highest BCUT2D eigenvalue weighted by Gasteiger charge is 2.28. The van der Waals surface area contributed by atoms with E-state index in [1.54, 1.807) is 0 Å². The van der Waals surface area contributed by atoms with E-state index in [1.807, 2.05) is 0 Å². The predicted octanol–water partition coefficient (Wildman–Crippen LogP) is 14.6. The molecule has 0 radical (unpaired) electrons. The van der Waals surface area contributed by atoms with Crippen LogP contribution in [0.15, 0.2) is 72.9 Å². The number of carbonyl (C=O) groups excluding carboxylic acids is 3. The van der Waals surface area contributed by atoms with Crippen molar-refractivity contribution >= 4 is 25.7 Å². The van der Waals surface area contributed by atoms with E-state index >= 15 is 0 Å². The second-order valence-electron chi connectivity index (χ2n) is 16.9. The van der Waals surface area contributed by atoms with Crippen LogP contribution in [0.5, 0.6) is 0 Å². The van der Waals surface area contributed by atoms with Crippen molar-refractivity contribution in [1.29, 1.82) is 0 Å². The summed E-state index contributed by atoms with van der Waals surface area (Å²) in [4.78, 5) is 48.3. The van der Waals surface area contributed by atoms with Crippen molar-refractivity contribution in [2.75, 3.05) is 26.4 Å². The van der Waals surface area contributed by atoms with Crippen LogP contribution < -0.4 is 0 Å². The fourth-order valence-electron chi connectivity index (χ4n) is 6.62. The van der Waals surface area contributed by atoms with Gasteiger partial charge >= 0.3 is 25.7 Å². The number of aliphatic hydroxyl groups is 1. The molecule has 0 aliphatic rings. The van der Waals surface area contributed by atoms with Gasteiger partial charge in [0.15, 0.2) is 6.10 Å². The molecular formula is C54H93O11P. The molecule has 0 aliphatic heterocycles. The molecule has 0 bridgehead atoms. The normalized spacial score (nSPS) is 14.1. The van der Waals surface area contributed by atoms with Crippen LogP contribution in [0, 0.1) is 0 Å². The van der Waals surface area contributed by atoms with Crippen LogP contribution in [0.4, 0.5) is 0 Å². The lowest BCUT2D eigenvalue weighted by Gasteiger charge is -2.21. The number of hydrogen-bond donors (Lipinski definition) is 2. The molecule has 0 aliphatic carbocycles. The van der Waals surface area contributed by atoms with E-state index in [4.69, 9.17) is 23.3 Å². The first-order valence-electron chi connectivity index (χ1n) is 25.8. The largest absolute Gasteiger partial charge is 0.472 e. The summed E-state index contributed by atoms with van der Waals surface area (Å²) in [5.74, 6) is -1.52. The second kappa shape index (κ2) is 48.4. The summed E-state index contributed by atoms with van der Waals surface area (Å²) in [6, 6.07) is 0. The van der Waals surface area contributed by atoms with Crippen LogP contribution in [0.25, 0.3) is 0 Å². The van der Waals surface area contributed by atoms with E-state index in [-0.39, 0.29) is 25.9 Å². The fourth-order valence-corrected chi connectivity index (χ4v) is 7.41. The maximum atomic E-state index is 12.8. The van der Waals surface area contributed by atoms with Gasteiger partial charge in [-0.1, -0.05) is 171 Å². The SMILES string of the molecule is CC/C=C\C/C=C\C/C=C\CCCCCCCC(=O)OC(COC(=O)CCCCCCC/C=C\C/C=C\CCC)COP(=O)(O)OCC(CO)OC(=O)CCCCCCC/C=C\CCCC. The van der Waals surface area contributed by atoms with Gasteiger partial charge in [-0.2, -0.15) is 0 Å². The first-order valence-corrected chi connectivity index (χ1v) is 27.3. The number of ether oxygens (including phenoxy) is 3. The van der Waals surface area contributed by atoms with Crippen molar-refractivity contribution in [1.82, 2.24) is 0 Å². The average molecular weight is 949 g/mol. The Bertz CT molecular complexity index is 1390. The lowest BCUT2D eigenvalue weighted by molar-refractivity contribution is -0.161. The van der Waals surface area contributed by atoms with Crippen molar-refractivity contribution in [2.45, 2.75) is 226 Å². The second-order valence-corrected chi connectivity index (χ2v) is 18.4. The maximum absolute atomic E-state index is 12.8. The Balaban J connectivity index is 4.81. The molecule has 0 saturated carbocycles. The number of phosphoric acid groups is 1. The molecule has 0 amide bonds. The van der Waals surface area contributed by atoms with E-state index < -0.39 is 57.8 Å². The summed E-state index contributed by atoms with van der Waals surface area (Å²) in [5.41, 5.74) is 0. The zero-order valence-corrected chi connectivity index (χ0v) is 42.5. The summed E-state index contributed by atoms with van der Waals surface area (Å²) in [7, 11) is -4.75. The summed E-state index contributed by atoms with van der Waals surface area (Å²) in [6.45, 7) is 4.36. The predicted molar refractivity (Wildman–Crippen MR) is 270 cm³/mol. The van der Waals surface area contributed by atoms with Gasteiger partial charge in [0.2, 0.25) is 0 Å². The zero-order chi connectivity index (χ0) is 48.4. The van der Waals surface area contributed by atoms with Crippen LogP contribution in [0.1, 0.15) is 213 Å². The minimum atomic E-state index is -4.75. The van der Waals surface area contributed by atoms with E-state index in [0.29, 0.717) is 19.3 Å². The third-order valence-electron chi connectivity index (χ3n) is 10.6. The molecular weight excluding hydrogens is 856 g/mol. The van der Waals surface area contributed by atoms with Crippen LogP contribution in [0.3, 0.4) is 0 Å². The Morgan fingerprint density at radius 1 is 0.439 bits per heavy atom. The molecule has 3 unspecified atom stereocenters. The third kappa shape index (κ3) is 46.0. The molecule has 2 N–H and O–H groups in total. The Kier molecular flexibility index (Phi) is 46.1. The first-order chi connectivity index (χ1) is 32.2.